The van der Waals surface area contributed by atoms with Crippen LogP contribution in [0.3, 0.4) is 0 Å². The van der Waals surface area contributed by atoms with Crippen molar-refractivity contribution < 1.29 is 4.74 Å². The van der Waals surface area contributed by atoms with E-state index in [1.54, 1.807) is 0 Å². The van der Waals surface area contributed by atoms with Gasteiger partial charge in [-0.05, 0) is 24.1 Å². The van der Waals surface area contributed by atoms with Crippen LogP contribution in [0.5, 0.6) is 0 Å². The predicted octanol–water partition coefficient (Wildman–Crippen LogP) is 1.54. The van der Waals surface area contributed by atoms with E-state index in [9.17, 15) is 0 Å². The van der Waals surface area contributed by atoms with Gasteiger partial charge in [0.05, 0.1) is 12.3 Å². The molecule has 0 saturated carbocycles. The van der Waals surface area contributed by atoms with Crippen molar-refractivity contribution in [1.82, 2.24) is 24.6 Å². The highest BCUT2D eigenvalue weighted by molar-refractivity contribution is 5.11. The molecule has 0 radical (unpaired) electrons. The second-order valence-electron chi connectivity index (χ2n) is 7.34. The number of aromatic nitrogens is 3. The lowest BCUT2D eigenvalue weighted by Crippen LogP contribution is -2.50. The summed E-state index contributed by atoms with van der Waals surface area (Å²) in [6.45, 7) is 5.28. The molecular formula is C19H27N5O. The minimum absolute atomic E-state index is 0.373. The van der Waals surface area contributed by atoms with E-state index in [0.717, 1.165) is 39.1 Å². The molecule has 4 rings (SSSR count). The van der Waals surface area contributed by atoms with Gasteiger partial charge in [0.1, 0.15) is 0 Å². The SMILES string of the molecule is CO[C@H]1CCN(Cc2cnn(C)c2)[C@@H]2CN(Cc3ccncc3)C[C@H]12. The van der Waals surface area contributed by atoms with E-state index in [2.05, 4.69) is 38.2 Å². The summed E-state index contributed by atoms with van der Waals surface area (Å²) in [5.41, 5.74) is 2.63. The highest BCUT2D eigenvalue weighted by Crippen LogP contribution is 2.34. The molecule has 25 heavy (non-hydrogen) atoms. The lowest BCUT2D eigenvalue weighted by molar-refractivity contribution is -0.0245. The van der Waals surface area contributed by atoms with Crippen molar-refractivity contribution in [2.45, 2.75) is 31.7 Å². The fraction of sp³-hybridized carbons (Fsp3) is 0.579. The number of ether oxygens (including phenoxy) is 1. The standard InChI is InChI=1S/C19H27N5O/c1-22-10-16(9-21-22)12-24-8-5-19(25-2)17-13-23(14-18(17)24)11-15-3-6-20-7-4-15/h3-4,6-7,9-10,17-19H,5,8,11-14H2,1-2H3/t17-,18+,19-/m0/s1. The third-order valence-corrected chi connectivity index (χ3v) is 5.66. The summed E-state index contributed by atoms with van der Waals surface area (Å²) in [5.74, 6) is 0.581. The van der Waals surface area contributed by atoms with Gasteiger partial charge in [-0.1, -0.05) is 0 Å². The molecule has 0 bridgehead atoms. The monoisotopic (exact) mass is 341 g/mol. The highest BCUT2D eigenvalue weighted by Gasteiger charge is 2.44. The van der Waals surface area contributed by atoms with Crippen molar-refractivity contribution >= 4 is 0 Å². The van der Waals surface area contributed by atoms with Gasteiger partial charge in [-0.2, -0.15) is 5.10 Å². The van der Waals surface area contributed by atoms with Crippen molar-refractivity contribution in [2.75, 3.05) is 26.7 Å². The largest absolute Gasteiger partial charge is 0.381 e. The molecule has 2 aromatic heterocycles. The summed E-state index contributed by atoms with van der Waals surface area (Å²) in [4.78, 5) is 9.32. The first-order valence-corrected chi connectivity index (χ1v) is 9.08. The van der Waals surface area contributed by atoms with Crippen molar-refractivity contribution in [3.8, 4) is 0 Å². The fourth-order valence-electron chi connectivity index (χ4n) is 4.47. The first-order chi connectivity index (χ1) is 12.2. The van der Waals surface area contributed by atoms with Gasteiger partial charge >= 0.3 is 0 Å². The molecule has 3 atom stereocenters. The van der Waals surface area contributed by atoms with Crippen LogP contribution in [-0.2, 0) is 24.9 Å². The molecule has 0 N–H and O–H groups in total. The van der Waals surface area contributed by atoms with Crippen LogP contribution in [0.2, 0.25) is 0 Å². The normalized spacial score (nSPS) is 27.5. The van der Waals surface area contributed by atoms with Crippen LogP contribution in [0.15, 0.2) is 36.9 Å². The molecule has 134 valence electrons. The van der Waals surface area contributed by atoms with Crippen LogP contribution in [0, 0.1) is 5.92 Å². The summed E-state index contributed by atoms with van der Waals surface area (Å²) in [6, 6.07) is 4.78. The Morgan fingerprint density at radius 3 is 2.72 bits per heavy atom. The van der Waals surface area contributed by atoms with Crippen LogP contribution in [0.1, 0.15) is 17.5 Å². The molecule has 2 aromatic rings. The third kappa shape index (κ3) is 3.61. The van der Waals surface area contributed by atoms with Gasteiger partial charge < -0.3 is 4.74 Å². The van der Waals surface area contributed by atoms with Gasteiger partial charge in [0, 0.05) is 83.0 Å². The minimum Gasteiger partial charge on any atom is -0.381 e. The summed E-state index contributed by atoms with van der Waals surface area (Å²) in [6.07, 6.45) is 9.36. The minimum atomic E-state index is 0.373. The number of hydrogen-bond donors (Lipinski definition) is 0. The highest BCUT2D eigenvalue weighted by atomic mass is 16.5. The molecular weight excluding hydrogens is 314 g/mol. The number of fused-ring (bicyclic) bond motifs is 1. The Morgan fingerprint density at radius 2 is 2.00 bits per heavy atom. The summed E-state index contributed by atoms with van der Waals surface area (Å²) in [7, 11) is 3.85. The number of hydrogen-bond acceptors (Lipinski definition) is 5. The average molecular weight is 341 g/mol. The van der Waals surface area contributed by atoms with Crippen LogP contribution < -0.4 is 0 Å². The van der Waals surface area contributed by atoms with Gasteiger partial charge in [-0.15, -0.1) is 0 Å². The number of likely N-dealkylation sites (tertiary alicyclic amines) is 2. The van der Waals surface area contributed by atoms with Crippen molar-refractivity contribution in [2.24, 2.45) is 13.0 Å². The topological polar surface area (TPSA) is 46.4 Å². The van der Waals surface area contributed by atoms with Crippen LogP contribution in [0.4, 0.5) is 0 Å². The lowest BCUT2D eigenvalue weighted by Gasteiger charge is -2.41. The molecule has 4 heterocycles. The molecule has 2 aliphatic heterocycles. The number of pyridine rings is 1. The molecule has 0 spiro atoms. The lowest BCUT2D eigenvalue weighted by atomic mass is 9.89. The Bertz CT molecular complexity index is 688. The number of methoxy groups -OCH3 is 1. The number of aryl methyl sites for hydroxylation is 1. The smallest absolute Gasteiger partial charge is 0.0639 e. The zero-order valence-electron chi connectivity index (χ0n) is 15.1. The molecule has 2 saturated heterocycles. The number of rotatable bonds is 5. The van der Waals surface area contributed by atoms with Gasteiger partial charge in [-0.25, -0.2) is 0 Å². The van der Waals surface area contributed by atoms with Crippen molar-refractivity contribution in [1.29, 1.82) is 0 Å². The van der Waals surface area contributed by atoms with E-state index in [1.807, 2.05) is 37.4 Å². The molecule has 0 amide bonds. The average Bonchev–Trinajstić information content (AvgIpc) is 3.22. The fourth-order valence-corrected chi connectivity index (χ4v) is 4.47. The van der Waals surface area contributed by atoms with E-state index in [1.165, 1.54) is 11.1 Å². The maximum absolute atomic E-state index is 5.83. The molecule has 0 aromatic carbocycles. The summed E-state index contributed by atoms with van der Waals surface area (Å²) >= 11 is 0. The van der Waals surface area contributed by atoms with E-state index in [-0.39, 0.29) is 0 Å². The van der Waals surface area contributed by atoms with E-state index < -0.39 is 0 Å². The molecule has 2 aliphatic rings. The Balaban J connectivity index is 1.47. The van der Waals surface area contributed by atoms with E-state index in [4.69, 9.17) is 4.74 Å². The first-order valence-electron chi connectivity index (χ1n) is 9.08. The van der Waals surface area contributed by atoms with Crippen LogP contribution >= 0.6 is 0 Å². The number of nitrogens with zero attached hydrogens (tertiary/aromatic N) is 5. The maximum Gasteiger partial charge on any atom is 0.0639 e. The van der Waals surface area contributed by atoms with Crippen LogP contribution in [-0.4, -0.2) is 63.5 Å². The zero-order valence-corrected chi connectivity index (χ0v) is 15.1. The molecule has 0 unspecified atom stereocenters. The third-order valence-electron chi connectivity index (χ3n) is 5.66. The van der Waals surface area contributed by atoms with E-state index in [0.29, 0.717) is 18.1 Å². The van der Waals surface area contributed by atoms with E-state index >= 15 is 0 Å². The Morgan fingerprint density at radius 1 is 1.16 bits per heavy atom. The zero-order chi connectivity index (χ0) is 17.2. The van der Waals surface area contributed by atoms with Gasteiger partial charge in [0.25, 0.3) is 0 Å². The maximum atomic E-state index is 5.83. The molecule has 6 nitrogen and oxygen atoms in total. The Hall–Kier alpha value is -1.76. The van der Waals surface area contributed by atoms with Crippen molar-refractivity contribution in [3.05, 3.63) is 48.0 Å². The second kappa shape index (κ2) is 7.23. The van der Waals surface area contributed by atoms with Gasteiger partial charge in [0.15, 0.2) is 0 Å². The quantitative estimate of drug-likeness (QED) is 0.825. The van der Waals surface area contributed by atoms with Gasteiger partial charge in [0.2, 0.25) is 0 Å². The Labute approximate surface area is 149 Å². The first kappa shape index (κ1) is 16.7. The molecule has 6 heteroatoms. The summed E-state index contributed by atoms with van der Waals surface area (Å²) < 4.78 is 7.71. The predicted molar refractivity (Wildman–Crippen MR) is 95.8 cm³/mol. The second-order valence-corrected chi connectivity index (χ2v) is 7.34. The summed E-state index contributed by atoms with van der Waals surface area (Å²) in [5, 5.41) is 4.32. The number of piperidine rings is 1. The molecule has 2 fully saturated rings. The van der Waals surface area contributed by atoms with Crippen molar-refractivity contribution in [3.63, 3.8) is 0 Å². The van der Waals surface area contributed by atoms with Crippen LogP contribution in [0.25, 0.3) is 0 Å². The van der Waals surface area contributed by atoms with Gasteiger partial charge in [-0.3, -0.25) is 19.5 Å². The Kier molecular flexibility index (Phi) is 4.83. The molecule has 0 aliphatic carbocycles.